The summed E-state index contributed by atoms with van der Waals surface area (Å²) in [5.41, 5.74) is 4.30. The molecule has 0 fully saturated rings. The van der Waals surface area contributed by atoms with Crippen molar-refractivity contribution in [2.45, 2.75) is 20.1 Å². The van der Waals surface area contributed by atoms with E-state index < -0.39 is 5.97 Å². The summed E-state index contributed by atoms with van der Waals surface area (Å²) >= 11 is 0. The van der Waals surface area contributed by atoms with Gasteiger partial charge in [-0.2, -0.15) is 0 Å². The minimum atomic E-state index is -0.499. The molecule has 7 nitrogen and oxygen atoms in total. The van der Waals surface area contributed by atoms with Gasteiger partial charge in [0.15, 0.2) is 11.5 Å². The molecule has 0 radical (unpaired) electrons. The second kappa shape index (κ2) is 12.8. The van der Waals surface area contributed by atoms with Crippen LogP contribution in [0.1, 0.15) is 29.2 Å². The van der Waals surface area contributed by atoms with E-state index in [4.69, 9.17) is 23.8 Å². The maximum atomic E-state index is 12.3. The third kappa shape index (κ3) is 6.86. The monoisotopic (exact) mass is 475 g/mol. The Kier molecular flexibility index (Phi) is 9.31. The molecule has 0 saturated heterocycles. The molecule has 0 heterocycles. The van der Waals surface area contributed by atoms with Crippen LogP contribution < -0.4 is 9.47 Å². The fourth-order valence-electron chi connectivity index (χ4n) is 3.36. The van der Waals surface area contributed by atoms with Gasteiger partial charge in [0.25, 0.3) is 0 Å². The first-order chi connectivity index (χ1) is 17.1. The zero-order valence-corrected chi connectivity index (χ0v) is 20.3. The molecule has 182 valence electrons. The lowest BCUT2D eigenvalue weighted by Crippen LogP contribution is -2.08. The number of carbonyl (C=O) groups is 1. The van der Waals surface area contributed by atoms with Gasteiger partial charge in [-0.25, -0.2) is 4.79 Å². The van der Waals surface area contributed by atoms with Crippen LogP contribution in [0.25, 0.3) is 5.57 Å². The number of hydrogen-bond acceptors (Lipinski definition) is 7. The Hall–Kier alpha value is -4.26. The van der Waals surface area contributed by atoms with E-state index in [0.29, 0.717) is 35.0 Å². The highest BCUT2D eigenvalue weighted by Gasteiger charge is 2.17. The van der Waals surface area contributed by atoms with Crippen LogP contribution in [0, 0.1) is 0 Å². The van der Waals surface area contributed by atoms with Crippen molar-refractivity contribution in [3.63, 3.8) is 0 Å². The molecule has 35 heavy (non-hydrogen) atoms. The predicted molar refractivity (Wildman–Crippen MR) is 134 cm³/mol. The summed E-state index contributed by atoms with van der Waals surface area (Å²) in [7, 11) is 4.39. The Morgan fingerprint density at radius 1 is 0.886 bits per heavy atom. The van der Waals surface area contributed by atoms with E-state index >= 15 is 0 Å². The summed E-state index contributed by atoms with van der Waals surface area (Å²) in [5.74, 6) is 0.610. The molecule has 0 bridgehead atoms. The number of nitrogens with zero attached hydrogens (tertiary/aromatic N) is 1. The number of rotatable bonds is 11. The van der Waals surface area contributed by atoms with Gasteiger partial charge in [-0.3, -0.25) is 0 Å². The van der Waals surface area contributed by atoms with E-state index in [2.05, 4.69) is 5.16 Å². The SMILES string of the molecule is CO/C=C(\C(=O)OC)c1ccccc1COc1cc(/C(C)=N/OCc2ccccc2)ccc1OC. The first kappa shape index (κ1) is 25.4. The van der Waals surface area contributed by atoms with Crippen LogP contribution in [0.15, 0.2) is 84.2 Å². The highest BCUT2D eigenvalue weighted by Crippen LogP contribution is 2.30. The molecule has 0 unspecified atom stereocenters. The fraction of sp³-hybridized carbons (Fsp3) is 0.214. The Labute approximate surface area is 205 Å². The van der Waals surface area contributed by atoms with Gasteiger partial charge in [0.1, 0.15) is 18.8 Å². The van der Waals surface area contributed by atoms with Crippen LogP contribution >= 0.6 is 0 Å². The van der Waals surface area contributed by atoms with Gasteiger partial charge in [0, 0.05) is 5.56 Å². The van der Waals surface area contributed by atoms with E-state index in [0.717, 1.165) is 16.7 Å². The highest BCUT2D eigenvalue weighted by molar-refractivity contribution is 6.16. The third-order valence-corrected chi connectivity index (χ3v) is 5.19. The second-order valence-electron chi connectivity index (χ2n) is 7.51. The summed E-state index contributed by atoms with van der Waals surface area (Å²) in [4.78, 5) is 17.8. The van der Waals surface area contributed by atoms with Gasteiger partial charge in [-0.1, -0.05) is 59.8 Å². The Bertz CT molecular complexity index is 1190. The number of benzene rings is 3. The van der Waals surface area contributed by atoms with Crippen LogP contribution in [0.2, 0.25) is 0 Å². The number of hydrogen-bond donors (Lipinski definition) is 0. The first-order valence-electron chi connectivity index (χ1n) is 11.0. The third-order valence-electron chi connectivity index (χ3n) is 5.19. The van der Waals surface area contributed by atoms with Gasteiger partial charge < -0.3 is 23.8 Å². The fourth-order valence-corrected chi connectivity index (χ4v) is 3.36. The average molecular weight is 476 g/mol. The number of oxime groups is 1. The molecule has 3 aromatic carbocycles. The molecule has 0 N–H and O–H groups in total. The van der Waals surface area contributed by atoms with Crippen LogP contribution in [0.3, 0.4) is 0 Å². The summed E-state index contributed by atoms with van der Waals surface area (Å²) in [5, 5.41) is 4.24. The van der Waals surface area contributed by atoms with E-state index in [1.54, 1.807) is 7.11 Å². The van der Waals surface area contributed by atoms with Crippen molar-refractivity contribution in [2.75, 3.05) is 21.3 Å². The first-order valence-corrected chi connectivity index (χ1v) is 11.0. The molecular weight excluding hydrogens is 446 g/mol. The van der Waals surface area contributed by atoms with Crippen LogP contribution in [0.4, 0.5) is 0 Å². The quantitative estimate of drug-likeness (QED) is 0.122. The highest BCUT2D eigenvalue weighted by atomic mass is 16.6. The molecule has 0 atom stereocenters. The molecule has 0 aliphatic carbocycles. The second-order valence-corrected chi connectivity index (χ2v) is 7.51. The van der Waals surface area contributed by atoms with Gasteiger partial charge in [-0.05, 0) is 41.8 Å². The molecule has 0 aliphatic heterocycles. The standard InChI is InChI=1S/C28H29NO6/c1-20(29-35-17-21-10-6-5-7-11-21)22-14-15-26(32-3)27(16-22)34-18-23-12-8-9-13-24(23)25(19-31-2)28(30)33-4/h5-16,19H,17-18H2,1-4H3/b25-19-,29-20+. The lowest BCUT2D eigenvalue weighted by atomic mass is 10.0. The minimum absolute atomic E-state index is 0.189. The van der Waals surface area contributed by atoms with Crippen molar-refractivity contribution in [3.8, 4) is 11.5 Å². The van der Waals surface area contributed by atoms with Crippen molar-refractivity contribution in [1.82, 2.24) is 0 Å². The van der Waals surface area contributed by atoms with E-state index in [9.17, 15) is 4.79 Å². The number of esters is 1. The summed E-state index contributed by atoms with van der Waals surface area (Å²) < 4.78 is 21.6. The molecule has 0 aromatic heterocycles. The maximum Gasteiger partial charge on any atom is 0.341 e. The normalized spacial score (nSPS) is 11.5. The molecule has 3 aromatic rings. The molecular formula is C28H29NO6. The van der Waals surface area contributed by atoms with Gasteiger partial charge in [-0.15, -0.1) is 0 Å². The molecule has 0 saturated carbocycles. The summed E-state index contributed by atoms with van der Waals surface area (Å²) in [6, 6.07) is 22.8. The average Bonchev–Trinajstić information content (AvgIpc) is 2.90. The van der Waals surface area contributed by atoms with Gasteiger partial charge >= 0.3 is 5.97 Å². The summed E-state index contributed by atoms with van der Waals surface area (Å²) in [6.07, 6.45) is 1.36. The van der Waals surface area contributed by atoms with Crippen molar-refractivity contribution < 1.29 is 28.6 Å². The molecule has 0 amide bonds. The predicted octanol–water partition coefficient (Wildman–Crippen LogP) is 5.38. The minimum Gasteiger partial charge on any atom is -0.503 e. The van der Waals surface area contributed by atoms with Gasteiger partial charge in [0.05, 0.1) is 33.3 Å². The lowest BCUT2D eigenvalue weighted by molar-refractivity contribution is -0.133. The Balaban J connectivity index is 1.79. The van der Waals surface area contributed by atoms with Crippen LogP contribution in [-0.2, 0) is 32.3 Å². The number of ether oxygens (including phenoxy) is 4. The van der Waals surface area contributed by atoms with Crippen molar-refractivity contribution in [3.05, 3.63) is 101 Å². The maximum absolute atomic E-state index is 12.3. The van der Waals surface area contributed by atoms with Gasteiger partial charge in [0.2, 0.25) is 0 Å². The van der Waals surface area contributed by atoms with Crippen LogP contribution in [-0.4, -0.2) is 33.0 Å². The topological polar surface area (TPSA) is 75.6 Å². The zero-order chi connectivity index (χ0) is 25.0. The molecule has 0 spiro atoms. The van der Waals surface area contributed by atoms with E-state index in [1.165, 1.54) is 20.5 Å². The number of carbonyl (C=O) groups excluding carboxylic acids is 1. The molecule has 0 aliphatic rings. The van der Waals surface area contributed by atoms with E-state index in [-0.39, 0.29) is 6.61 Å². The lowest BCUT2D eigenvalue weighted by Gasteiger charge is -2.15. The van der Waals surface area contributed by atoms with E-state index in [1.807, 2.05) is 79.7 Å². The smallest absolute Gasteiger partial charge is 0.341 e. The Morgan fingerprint density at radius 3 is 2.34 bits per heavy atom. The summed E-state index contributed by atoms with van der Waals surface area (Å²) in [6.45, 7) is 2.44. The molecule has 7 heteroatoms. The zero-order valence-electron chi connectivity index (χ0n) is 20.3. The van der Waals surface area contributed by atoms with Crippen molar-refractivity contribution in [2.24, 2.45) is 5.16 Å². The number of methoxy groups -OCH3 is 3. The van der Waals surface area contributed by atoms with Crippen molar-refractivity contribution >= 4 is 17.3 Å². The van der Waals surface area contributed by atoms with Crippen LogP contribution in [0.5, 0.6) is 11.5 Å². The molecule has 3 rings (SSSR count). The Morgan fingerprint density at radius 2 is 1.63 bits per heavy atom. The van der Waals surface area contributed by atoms with Crippen molar-refractivity contribution in [1.29, 1.82) is 0 Å². The largest absolute Gasteiger partial charge is 0.503 e.